The van der Waals surface area contributed by atoms with Crippen LogP contribution in [-0.2, 0) is 28.5 Å². The quantitative estimate of drug-likeness (QED) is 0.308. The first-order chi connectivity index (χ1) is 17.7. The largest absolute Gasteiger partial charge is 0.435 e. The summed E-state index contributed by atoms with van der Waals surface area (Å²) in [5, 5.41) is 35.2. The SMILES string of the molecule is CO[C@]1(C)C[C@H](OC2C(C)CC(C)CC(C)C(O)NC(C)C(O)C(C)C(O)OC(=O)C2C)O[C@@H](C)[C@@]12CO2. The van der Waals surface area contributed by atoms with Gasteiger partial charge in [0.1, 0.15) is 17.4 Å². The third kappa shape index (κ3) is 6.54. The molecule has 0 aliphatic carbocycles. The molecule has 10 nitrogen and oxygen atoms in total. The number of aliphatic hydroxyl groups is 3. The molecule has 3 rings (SSSR count). The molecule has 38 heavy (non-hydrogen) atoms. The van der Waals surface area contributed by atoms with Crippen LogP contribution in [0.5, 0.6) is 0 Å². The first-order valence-corrected chi connectivity index (χ1v) is 14.2. The Kier molecular flexibility index (Phi) is 10.3. The van der Waals surface area contributed by atoms with E-state index in [0.717, 1.165) is 12.8 Å². The third-order valence-corrected chi connectivity index (χ3v) is 9.36. The summed E-state index contributed by atoms with van der Waals surface area (Å²) in [4.78, 5) is 13.3. The number of carbonyl (C=O) groups excluding carboxylic acids is 1. The van der Waals surface area contributed by atoms with Gasteiger partial charge in [0.25, 0.3) is 0 Å². The molecule has 3 heterocycles. The molecule has 0 bridgehead atoms. The lowest BCUT2D eigenvalue weighted by Gasteiger charge is -2.46. The average molecular weight is 546 g/mol. The van der Waals surface area contributed by atoms with Gasteiger partial charge in [-0.05, 0) is 58.3 Å². The number of esters is 1. The summed E-state index contributed by atoms with van der Waals surface area (Å²) in [5.41, 5.74) is -1.11. The highest BCUT2D eigenvalue weighted by Gasteiger charge is 2.67. The minimum Gasteiger partial charge on any atom is -0.435 e. The van der Waals surface area contributed by atoms with Gasteiger partial charge in [0.15, 0.2) is 6.29 Å². The Labute approximate surface area is 227 Å². The van der Waals surface area contributed by atoms with Gasteiger partial charge < -0.3 is 39.0 Å². The lowest BCUT2D eigenvalue weighted by molar-refractivity contribution is -0.287. The minimum absolute atomic E-state index is 0.0603. The molecule has 10 unspecified atom stereocenters. The van der Waals surface area contributed by atoms with E-state index >= 15 is 0 Å². The standard InChI is InChI=1S/C28H51NO9/c1-14-10-15(2)23(37-21-12-27(8,34-9)28(13-35-28)20(7)36-21)18(5)26(33)38-25(32)17(4)22(30)19(6)29-24(31)16(3)11-14/h14-25,29-32H,10-13H2,1-9H3/t14?,15?,16?,17?,18?,19?,20-,21-,22?,23?,24?,25?,27+,28-/m0/s1. The summed E-state index contributed by atoms with van der Waals surface area (Å²) in [6.45, 7) is 15.7. The van der Waals surface area contributed by atoms with E-state index in [1.54, 1.807) is 27.9 Å². The van der Waals surface area contributed by atoms with Gasteiger partial charge in [-0.15, -0.1) is 0 Å². The van der Waals surface area contributed by atoms with Crippen LogP contribution in [0.1, 0.15) is 74.7 Å². The van der Waals surface area contributed by atoms with Crippen molar-refractivity contribution in [2.75, 3.05) is 13.7 Å². The van der Waals surface area contributed by atoms with E-state index in [-0.39, 0.29) is 23.9 Å². The molecule has 0 aromatic carbocycles. The number of nitrogens with one attached hydrogen (secondary N) is 1. The Balaban J connectivity index is 1.84. The van der Waals surface area contributed by atoms with E-state index in [2.05, 4.69) is 12.2 Å². The van der Waals surface area contributed by atoms with Gasteiger partial charge in [0, 0.05) is 25.5 Å². The molecule has 1 spiro atoms. The van der Waals surface area contributed by atoms with Gasteiger partial charge in [-0.2, -0.15) is 0 Å². The number of ether oxygens (including phenoxy) is 5. The predicted octanol–water partition coefficient (Wildman–Crippen LogP) is 2.17. The number of aliphatic hydroxyl groups excluding tert-OH is 3. The Morgan fingerprint density at radius 3 is 2.18 bits per heavy atom. The van der Waals surface area contributed by atoms with E-state index < -0.39 is 66.1 Å². The van der Waals surface area contributed by atoms with Crippen LogP contribution in [0.3, 0.4) is 0 Å². The van der Waals surface area contributed by atoms with Crippen molar-refractivity contribution in [3.8, 4) is 0 Å². The molecule has 14 atom stereocenters. The molecule has 0 aromatic heterocycles. The van der Waals surface area contributed by atoms with Crippen molar-refractivity contribution < 1.29 is 43.8 Å². The first kappa shape index (κ1) is 31.7. The van der Waals surface area contributed by atoms with E-state index in [1.807, 2.05) is 27.7 Å². The zero-order chi connectivity index (χ0) is 28.6. The Morgan fingerprint density at radius 2 is 1.61 bits per heavy atom. The fourth-order valence-electron chi connectivity index (χ4n) is 6.43. The zero-order valence-electron chi connectivity index (χ0n) is 24.5. The topological polar surface area (TPSA) is 139 Å². The number of methoxy groups -OCH3 is 1. The van der Waals surface area contributed by atoms with Crippen LogP contribution >= 0.6 is 0 Å². The smallest absolute Gasteiger partial charge is 0.313 e. The highest BCUT2D eigenvalue weighted by Crippen LogP contribution is 2.51. The molecule has 0 radical (unpaired) electrons. The maximum atomic E-state index is 13.3. The van der Waals surface area contributed by atoms with Gasteiger partial charge in [0.2, 0.25) is 6.29 Å². The van der Waals surface area contributed by atoms with Crippen molar-refractivity contribution in [3.05, 3.63) is 0 Å². The van der Waals surface area contributed by atoms with Crippen molar-refractivity contribution in [1.29, 1.82) is 0 Å². The Bertz CT molecular complexity index is 794. The Morgan fingerprint density at radius 1 is 1.00 bits per heavy atom. The summed E-state index contributed by atoms with van der Waals surface area (Å²) >= 11 is 0. The lowest BCUT2D eigenvalue weighted by Crippen LogP contribution is -2.60. The number of carbonyl (C=O) groups is 1. The summed E-state index contributed by atoms with van der Waals surface area (Å²) < 4.78 is 29.9. The van der Waals surface area contributed by atoms with Crippen molar-refractivity contribution >= 4 is 5.97 Å². The van der Waals surface area contributed by atoms with Gasteiger partial charge in [-0.1, -0.05) is 27.7 Å². The van der Waals surface area contributed by atoms with Crippen molar-refractivity contribution in [2.24, 2.45) is 29.6 Å². The second-order valence-electron chi connectivity index (χ2n) is 12.5. The van der Waals surface area contributed by atoms with Crippen LogP contribution in [0.25, 0.3) is 0 Å². The van der Waals surface area contributed by atoms with Gasteiger partial charge in [0.05, 0.1) is 30.8 Å². The van der Waals surface area contributed by atoms with E-state index in [1.165, 1.54) is 0 Å². The van der Waals surface area contributed by atoms with Crippen LogP contribution in [0, 0.1) is 29.6 Å². The molecule has 3 fully saturated rings. The molecule has 0 saturated carbocycles. The van der Waals surface area contributed by atoms with Gasteiger partial charge in [-0.3, -0.25) is 10.1 Å². The van der Waals surface area contributed by atoms with Gasteiger partial charge >= 0.3 is 5.97 Å². The molecular weight excluding hydrogens is 494 g/mol. The van der Waals surface area contributed by atoms with E-state index in [9.17, 15) is 20.1 Å². The molecule has 4 N–H and O–H groups in total. The van der Waals surface area contributed by atoms with Crippen LogP contribution in [0.2, 0.25) is 0 Å². The first-order valence-electron chi connectivity index (χ1n) is 14.2. The number of rotatable bonds is 3. The minimum atomic E-state index is -1.52. The monoisotopic (exact) mass is 545 g/mol. The predicted molar refractivity (Wildman–Crippen MR) is 140 cm³/mol. The second kappa shape index (κ2) is 12.3. The summed E-state index contributed by atoms with van der Waals surface area (Å²) in [5.74, 6) is -2.01. The lowest BCUT2D eigenvalue weighted by atomic mass is 9.79. The maximum absolute atomic E-state index is 13.3. The van der Waals surface area contributed by atoms with Crippen molar-refractivity contribution in [3.63, 3.8) is 0 Å². The number of cyclic esters (lactones) is 1. The van der Waals surface area contributed by atoms with Crippen molar-refractivity contribution in [1.82, 2.24) is 5.32 Å². The summed E-state index contributed by atoms with van der Waals surface area (Å²) in [6, 6.07) is -0.525. The van der Waals surface area contributed by atoms with Crippen LogP contribution in [-0.4, -0.2) is 89.4 Å². The number of hydrogen-bond acceptors (Lipinski definition) is 10. The van der Waals surface area contributed by atoms with Crippen LogP contribution in [0.4, 0.5) is 0 Å². The van der Waals surface area contributed by atoms with Crippen molar-refractivity contribution in [2.45, 2.75) is 129 Å². The number of epoxide rings is 1. The molecular formula is C28H51NO9. The molecule has 0 amide bonds. The molecule has 0 aromatic rings. The van der Waals surface area contributed by atoms with Crippen LogP contribution < -0.4 is 5.32 Å². The zero-order valence-corrected chi connectivity index (χ0v) is 24.5. The molecule has 3 aliphatic rings. The molecule has 10 heteroatoms. The highest BCUT2D eigenvalue weighted by atomic mass is 16.7. The summed E-state index contributed by atoms with van der Waals surface area (Å²) in [7, 11) is 1.66. The summed E-state index contributed by atoms with van der Waals surface area (Å²) in [6.07, 6.45) is -2.93. The number of hydrogen-bond donors (Lipinski definition) is 4. The molecule has 222 valence electrons. The van der Waals surface area contributed by atoms with E-state index in [4.69, 9.17) is 23.7 Å². The highest BCUT2D eigenvalue weighted by molar-refractivity contribution is 5.72. The Hall–Kier alpha value is -0.850. The van der Waals surface area contributed by atoms with Crippen LogP contribution in [0.15, 0.2) is 0 Å². The molecule has 3 saturated heterocycles. The fourth-order valence-corrected chi connectivity index (χ4v) is 6.43. The molecule has 3 aliphatic heterocycles. The normalized spacial score (nSPS) is 51.6. The maximum Gasteiger partial charge on any atom is 0.313 e. The average Bonchev–Trinajstić information content (AvgIpc) is 3.66. The third-order valence-electron chi connectivity index (χ3n) is 9.36. The van der Waals surface area contributed by atoms with Gasteiger partial charge in [-0.25, -0.2) is 0 Å². The van der Waals surface area contributed by atoms with E-state index in [0.29, 0.717) is 13.0 Å². The second-order valence-corrected chi connectivity index (χ2v) is 12.5. The fraction of sp³-hybridized carbons (Fsp3) is 0.964.